The van der Waals surface area contributed by atoms with Crippen LogP contribution in [0.15, 0.2) is 42.0 Å². The summed E-state index contributed by atoms with van der Waals surface area (Å²) in [6, 6.07) is 10.1. The molecule has 1 aliphatic carbocycles. The highest BCUT2D eigenvalue weighted by molar-refractivity contribution is 5.81. The Morgan fingerprint density at radius 2 is 1.80 bits per heavy atom. The van der Waals surface area contributed by atoms with E-state index in [4.69, 9.17) is 0 Å². The monoisotopic (exact) mass is 412 g/mol. The topological polar surface area (TPSA) is 49.4 Å². The number of carbonyl (C=O) groups is 2. The summed E-state index contributed by atoms with van der Waals surface area (Å²) >= 11 is 0. The van der Waals surface area contributed by atoms with Crippen LogP contribution in [0.4, 0.5) is 0 Å². The third-order valence-corrected chi connectivity index (χ3v) is 6.37. The number of amides is 2. The van der Waals surface area contributed by atoms with Crippen LogP contribution in [-0.4, -0.2) is 30.3 Å². The van der Waals surface area contributed by atoms with Gasteiger partial charge in [0.25, 0.3) is 0 Å². The van der Waals surface area contributed by atoms with Crippen molar-refractivity contribution in [2.24, 2.45) is 29.1 Å². The van der Waals surface area contributed by atoms with Crippen molar-refractivity contribution < 1.29 is 9.59 Å². The lowest BCUT2D eigenvalue weighted by Gasteiger charge is -2.38. The highest BCUT2D eigenvalue weighted by Crippen LogP contribution is 2.39. The molecule has 4 nitrogen and oxygen atoms in total. The van der Waals surface area contributed by atoms with Crippen molar-refractivity contribution in [1.82, 2.24) is 10.2 Å². The molecule has 0 saturated carbocycles. The molecule has 3 unspecified atom stereocenters. The van der Waals surface area contributed by atoms with Gasteiger partial charge in [-0.2, -0.15) is 0 Å². The van der Waals surface area contributed by atoms with Crippen LogP contribution >= 0.6 is 0 Å². The third-order valence-electron chi connectivity index (χ3n) is 6.37. The maximum Gasteiger partial charge on any atom is 0.225 e. The number of nitrogens with one attached hydrogen (secondary N) is 1. The van der Waals surface area contributed by atoms with Gasteiger partial charge in [0.2, 0.25) is 11.8 Å². The quantitative estimate of drug-likeness (QED) is 0.637. The average molecular weight is 413 g/mol. The largest absolute Gasteiger partial charge is 0.355 e. The van der Waals surface area contributed by atoms with E-state index in [1.54, 1.807) is 0 Å². The summed E-state index contributed by atoms with van der Waals surface area (Å²) < 4.78 is 0. The molecule has 166 valence electrons. The number of hydrogen-bond acceptors (Lipinski definition) is 2. The minimum absolute atomic E-state index is 0.0934. The standard InChI is InChI=1S/C26H40N2O2/c1-18(2)23-14-21(15-24(29)28(7)17-20-11-9-8-10-12-20)19(3)13-22(23)16-27-25(30)26(4,5)6/h8-13,18,21-23H,14-17H2,1-7H3,(H,27,30). The maximum absolute atomic E-state index is 12.9. The molecule has 1 aliphatic rings. The number of benzene rings is 1. The molecule has 0 spiro atoms. The van der Waals surface area contributed by atoms with Crippen LogP contribution in [-0.2, 0) is 16.1 Å². The molecular formula is C26H40N2O2. The maximum atomic E-state index is 12.9. The Kier molecular flexibility index (Phi) is 8.28. The van der Waals surface area contributed by atoms with Crippen molar-refractivity contribution in [1.29, 1.82) is 0 Å². The zero-order valence-corrected chi connectivity index (χ0v) is 19.9. The molecule has 1 aromatic rings. The molecule has 1 aromatic carbocycles. The van der Waals surface area contributed by atoms with Crippen LogP contribution in [0.25, 0.3) is 0 Å². The van der Waals surface area contributed by atoms with Crippen LogP contribution in [0.2, 0.25) is 0 Å². The molecule has 0 fully saturated rings. The minimum atomic E-state index is -0.376. The fourth-order valence-corrected chi connectivity index (χ4v) is 4.30. The molecule has 2 amide bonds. The molecule has 0 bridgehead atoms. The van der Waals surface area contributed by atoms with Gasteiger partial charge < -0.3 is 10.2 Å². The first kappa shape index (κ1) is 24.2. The molecule has 30 heavy (non-hydrogen) atoms. The van der Waals surface area contributed by atoms with Crippen molar-refractivity contribution in [2.45, 2.75) is 60.9 Å². The Morgan fingerprint density at radius 1 is 1.17 bits per heavy atom. The number of allylic oxidation sites excluding steroid dienone is 1. The van der Waals surface area contributed by atoms with Crippen molar-refractivity contribution in [3.63, 3.8) is 0 Å². The molecule has 0 radical (unpaired) electrons. The van der Waals surface area contributed by atoms with Crippen molar-refractivity contribution in [3.05, 3.63) is 47.5 Å². The zero-order valence-electron chi connectivity index (χ0n) is 19.9. The van der Waals surface area contributed by atoms with E-state index in [2.05, 4.69) is 44.3 Å². The lowest BCUT2D eigenvalue weighted by atomic mass is 9.69. The average Bonchev–Trinajstić information content (AvgIpc) is 2.67. The van der Waals surface area contributed by atoms with E-state index >= 15 is 0 Å². The summed E-state index contributed by atoms with van der Waals surface area (Å²) in [7, 11) is 1.89. The predicted octanol–water partition coefficient (Wildman–Crippen LogP) is 5.05. The molecule has 4 heteroatoms. The van der Waals surface area contributed by atoms with Crippen LogP contribution in [0.5, 0.6) is 0 Å². The van der Waals surface area contributed by atoms with E-state index < -0.39 is 0 Å². The second-order valence-electron chi connectivity index (χ2n) is 10.3. The smallest absolute Gasteiger partial charge is 0.225 e. The minimum Gasteiger partial charge on any atom is -0.355 e. The van der Waals surface area contributed by atoms with Crippen LogP contribution in [0.1, 0.15) is 59.9 Å². The Labute approximate surface area is 183 Å². The zero-order chi connectivity index (χ0) is 22.5. The molecule has 1 N–H and O–H groups in total. The molecule has 0 saturated heterocycles. The van der Waals surface area contributed by atoms with Crippen molar-refractivity contribution >= 4 is 11.8 Å². The molecule has 0 aromatic heterocycles. The Bertz CT molecular complexity index is 746. The van der Waals surface area contributed by atoms with Crippen molar-refractivity contribution in [3.8, 4) is 0 Å². The normalized spacial score (nSPS) is 21.9. The Balaban J connectivity index is 2.02. The van der Waals surface area contributed by atoms with E-state index in [0.717, 1.165) is 12.0 Å². The number of carbonyl (C=O) groups excluding carboxylic acids is 2. The second-order valence-corrected chi connectivity index (χ2v) is 10.3. The van der Waals surface area contributed by atoms with E-state index in [-0.39, 0.29) is 23.1 Å². The summed E-state index contributed by atoms with van der Waals surface area (Å²) in [6.07, 6.45) is 3.86. The van der Waals surface area contributed by atoms with Gasteiger partial charge in [-0.25, -0.2) is 0 Å². The summed E-state index contributed by atoms with van der Waals surface area (Å²) in [5.74, 6) is 1.86. The first-order valence-electron chi connectivity index (χ1n) is 11.2. The van der Waals surface area contributed by atoms with Gasteiger partial charge in [-0.05, 0) is 42.6 Å². The summed E-state index contributed by atoms with van der Waals surface area (Å²) in [6.45, 7) is 13.8. The van der Waals surface area contributed by atoms with Gasteiger partial charge in [0, 0.05) is 32.0 Å². The van der Waals surface area contributed by atoms with Gasteiger partial charge in [-0.1, -0.05) is 76.6 Å². The predicted molar refractivity (Wildman–Crippen MR) is 124 cm³/mol. The van der Waals surface area contributed by atoms with Crippen LogP contribution in [0.3, 0.4) is 0 Å². The van der Waals surface area contributed by atoms with Gasteiger partial charge in [0.15, 0.2) is 0 Å². The van der Waals surface area contributed by atoms with E-state index in [0.29, 0.717) is 37.3 Å². The molecule has 0 aliphatic heterocycles. The van der Waals surface area contributed by atoms with E-state index in [1.165, 1.54) is 5.57 Å². The molecular weight excluding hydrogens is 372 g/mol. The summed E-state index contributed by atoms with van der Waals surface area (Å²) in [5.41, 5.74) is 2.06. The lowest BCUT2D eigenvalue weighted by molar-refractivity contribution is -0.131. The first-order valence-corrected chi connectivity index (χ1v) is 11.2. The highest BCUT2D eigenvalue weighted by Gasteiger charge is 2.33. The van der Waals surface area contributed by atoms with Gasteiger partial charge in [0.1, 0.15) is 0 Å². The van der Waals surface area contributed by atoms with Crippen LogP contribution in [0, 0.1) is 29.1 Å². The Hall–Kier alpha value is -2.10. The van der Waals surface area contributed by atoms with E-state index in [1.807, 2.05) is 50.9 Å². The van der Waals surface area contributed by atoms with E-state index in [9.17, 15) is 9.59 Å². The fourth-order valence-electron chi connectivity index (χ4n) is 4.30. The van der Waals surface area contributed by atoms with Gasteiger partial charge in [-0.3, -0.25) is 9.59 Å². The molecule has 0 heterocycles. The molecule has 2 rings (SSSR count). The fraction of sp³-hybridized carbons (Fsp3) is 0.615. The Morgan fingerprint density at radius 3 is 2.37 bits per heavy atom. The number of rotatable bonds is 7. The van der Waals surface area contributed by atoms with Gasteiger partial charge in [0.05, 0.1) is 0 Å². The van der Waals surface area contributed by atoms with Gasteiger partial charge in [-0.15, -0.1) is 0 Å². The number of nitrogens with zero attached hydrogens (tertiary/aromatic N) is 1. The second kappa shape index (κ2) is 10.3. The van der Waals surface area contributed by atoms with Gasteiger partial charge >= 0.3 is 0 Å². The van der Waals surface area contributed by atoms with Crippen LogP contribution < -0.4 is 5.32 Å². The van der Waals surface area contributed by atoms with Crippen molar-refractivity contribution in [2.75, 3.05) is 13.6 Å². The highest BCUT2D eigenvalue weighted by atomic mass is 16.2. The summed E-state index contributed by atoms with van der Waals surface area (Å²) in [5, 5.41) is 3.14. The third kappa shape index (κ3) is 6.72. The SMILES string of the molecule is CC1=CC(CNC(=O)C(C)(C)C)C(C(C)C)CC1CC(=O)N(C)Cc1ccccc1. The number of hydrogen-bond donors (Lipinski definition) is 1. The summed E-state index contributed by atoms with van der Waals surface area (Å²) in [4.78, 5) is 27.0. The first-order chi connectivity index (χ1) is 14.0. The lowest BCUT2D eigenvalue weighted by Crippen LogP contribution is -2.41. The molecule has 3 atom stereocenters.